The number of rotatable bonds is 2. The molecule has 0 spiro atoms. The molecule has 0 bridgehead atoms. The van der Waals surface area contributed by atoms with Crippen molar-refractivity contribution in [2.45, 2.75) is 0 Å². The van der Waals surface area contributed by atoms with Gasteiger partial charge in [-0.05, 0) is 34.7 Å². The molecule has 0 aliphatic heterocycles. The molecule has 2 aromatic heterocycles. The molecule has 0 atom stereocenters. The number of thiophene rings is 1. The number of benzene rings is 1. The van der Waals surface area contributed by atoms with Crippen LogP contribution in [-0.4, -0.2) is 9.55 Å². The standard InChI is InChI=1S/C15H11F2N3OS/c1-20-14(21)6-12(19-15(20)18)13-5-9(7-22-13)8-2-3-10(16)11(17)4-8/h2-7H,1H3,(H2,18,19). The average molecular weight is 319 g/mol. The van der Waals surface area contributed by atoms with Crippen LogP contribution in [0.3, 0.4) is 0 Å². The zero-order chi connectivity index (χ0) is 15.9. The topological polar surface area (TPSA) is 61.6 Å². The molecule has 3 rings (SSSR count). The van der Waals surface area contributed by atoms with Crippen LogP contribution in [0.1, 0.15) is 0 Å². The van der Waals surface area contributed by atoms with Crippen LogP contribution in [-0.2, 0) is 7.05 Å². The highest BCUT2D eigenvalue weighted by molar-refractivity contribution is 7.14. The first-order valence-corrected chi connectivity index (χ1v) is 7.23. The van der Waals surface area contributed by atoms with Gasteiger partial charge in [-0.15, -0.1) is 11.3 Å². The van der Waals surface area contributed by atoms with Gasteiger partial charge in [0.15, 0.2) is 11.6 Å². The van der Waals surface area contributed by atoms with Crippen molar-refractivity contribution >= 4 is 11.3 Å². The summed E-state index contributed by atoms with van der Waals surface area (Å²) in [6, 6.07) is 6.87. The molecule has 2 N–H and O–H groups in total. The van der Waals surface area contributed by atoms with E-state index >= 15 is 0 Å². The van der Waals surface area contributed by atoms with Gasteiger partial charge in [0, 0.05) is 13.1 Å². The van der Waals surface area contributed by atoms with Crippen LogP contribution in [0, 0.1) is 17.0 Å². The molecule has 0 saturated carbocycles. The van der Waals surface area contributed by atoms with Gasteiger partial charge in [0.05, 0.1) is 10.6 Å². The van der Waals surface area contributed by atoms with E-state index in [9.17, 15) is 13.6 Å². The van der Waals surface area contributed by atoms with Gasteiger partial charge in [-0.3, -0.25) is 14.8 Å². The maximum absolute atomic E-state index is 13.3. The summed E-state index contributed by atoms with van der Waals surface area (Å²) in [5, 5.41) is 9.48. The maximum Gasteiger partial charge on any atom is 0.255 e. The number of nitrogens with zero attached hydrogens (tertiary/aromatic N) is 1. The molecule has 3 aromatic rings. The van der Waals surface area contributed by atoms with Gasteiger partial charge in [-0.25, -0.2) is 8.78 Å². The number of aromatic amines is 1. The number of aromatic nitrogens is 2. The second-order valence-corrected chi connectivity index (χ2v) is 5.67. The Morgan fingerprint density at radius 3 is 2.59 bits per heavy atom. The minimum Gasteiger partial charge on any atom is -0.325 e. The molecule has 0 fully saturated rings. The Balaban J connectivity index is 2.06. The van der Waals surface area contributed by atoms with E-state index in [0.717, 1.165) is 22.6 Å². The molecular formula is C15H11F2N3OS. The van der Waals surface area contributed by atoms with E-state index < -0.39 is 11.6 Å². The Morgan fingerprint density at radius 2 is 1.91 bits per heavy atom. The summed E-state index contributed by atoms with van der Waals surface area (Å²) in [5.41, 5.74) is 1.49. The highest BCUT2D eigenvalue weighted by Crippen LogP contribution is 2.31. The largest absolute Gasteiger partial charge is 0.325 e. The van der Waals surface area contributed by atoms with Crippen LogP contribution in [0.15, 0.2) is 40.5 Å². The molecule has 2 heterocycles. The molecule has 112 valence electrons. The highest BCUT2D eigenvalue weighted by Gasteiger charge is 2.09. The number of hydrogen-bond acceptors (Lipinski definition) is 3. The third-order valence-electron chi connectivity index (χ3n) is 3.30. The molecular weight excluding hydrogens is 308 g/mol. The summed E-state index contributed by atoms with van der Waals surface area (Å²) in [6.07, 6.45) is 0. The molecule has 0 radical (unpaired) electrons. The Labute approximate surface area is 127 Å². The average Bonchev–Trinajstić information content (AvgIpc) is 2.97. The fourth-order valence-electron chi connectivity index (χ4n) is 2.02. The normalized spacial score (nSPS) is 10.9. The fraction of sp³-hybridized carbons (Fsp3) is 0.0667. The zero-order valence-corrected chi connectivity index (χ0v) is 12.3. The van der Waals surface area contributed by atoms with Crippen molar-refractivity contribution in [1.82, 2.24) is 9.55 Å². The van der Waals surface area contributed by atoms with Gasteiger partial charge < -0.3 is 4.98 Å². The summed E-state index contributed by atoms with van der Waals surface area (Å²) in [6.45, 7) is 0. The molecule has 0 unspecified atom stereocenters. The van der Waals surface area contributed by atoms with E-state index in [1.807, 2.05) is 0 Å². The third-order valence-corrected chi connectivity index (χ3v) is 4.27. The van der Waals surface area contributed by atoms with Gasteiger partial charge in [-0.2, -0.15) is 0 Å². The summed E-state index contributed by atoms with van der Waals surface area (Å²) >= 11 is 1.35. The van der Waals surface area contributed by atoms with E-state index in [-0.39, 0.29) is 11.2 Å². The Hall–Kier alpha value is -2.54. The van der Waals surface area contributed by atoms with Gasteiger partial charge in [-0.1, -0.05) is 6.07 Å². The van der Waals surface area contributed by atoms with Crippen LogP contribution in [0.2, 0.25) is 0 Å². The molecule has 1 aromatic carbocycles. The molecule has 0 amide bonds. The summed E-state index contributed by atoms with van der Waals surface area (Å²) in [7, 11) is 1.51. The van der Waals surface area contributed by atoms with Crippen LogP contribution < -0.4 is 11.2 Å². The Bertz CT molecular complexity index is 940. The third kappa shape index (κ3) is 2.50. The second-order valence-electron chi connectivity index (χ2n) is 4.76. The smallest absolute Gasteiger partial charge is 0.255 e. The van der Waals surface area contributed by atoms with Crippen molar-refractivity contribution < 1.29 is 8.78 Å². The second kappa shape index (κ2) is 5.34. The first kappa shape index (κ1) is 14.4. The van der Waals surface area contributed by atoms with Crippen LogP contribution in [0.5, 0.6) is 0 Å². The van der Waals surface area contributed by atoms with E-state index in [4.69, 9.17) is 5.41 Å². The number of hydrogen-bond donors (Lipinski definition) is 2. The molecule has 22 heavy (non-hydrogen) atoms. The monoisotopic (exact) mass is 319 g/mol. The van der Waals surface area contributed by atoms with E-state index in [2.05, 4.69) is 4.98 Å². The van der Waals surface area contributed by atoms with Crippen molar-refractivity contribution in [3.8, 4) is 21.7 Å². The summed E-state index contributed by atoms with van der Waals surface area (Å²) in [5.74, 6) is -1.79. The predicted molar refractivity (Wildman–Crippen MR) is 80.6 cm³/mol. The lowest BCUT2D eigenvalue weighted by Gasteiger charge is -2.01. The van der Waals surface area contributed by atoms with E-state index in [1.165, 1.54) is 35.1 Å². The number of halogens is 2. The summed E-state index contributed by atoms with van der Waals surface area (Å²) < 4.78 is 27.5. The quantitative estimate of drug-likeness (QED) is 0.749. The zero-order valence-electron chi connectivity index (χ0n) is 11.5. The van der Waals surface area contributed by atoms with Crippen LogP contribution in [0.25, 0.3) is 21.7 Å². The van der Waals surface area contributed by atoms with Crippen molar-refractivity contribution in [2.75, 3.05) is 0 Å². The van der Waals surface area contributed by atoms with E-state index in [0.29, 0.717) is 11.3 Å². The minimum absolute atomic E-state index is 0.00900. The lowest BCUT2D eigenvalue weighted by atomic mass is 10.1. The Morgan fingerprint density at radius 1 is 1.14 bits per heavy atom. The van der Waals surface area contributed by atoms with E-state index in [1.54, 1.807) is 11.4 Å². The number of nitrogens with one attached hydrogen (secondary N) is 2. The lowest BCUT2D eigenvalue weighted by molar-refractivity contribution is 0.509. The number of H-pyrrole nitrogens is 1. The minimum atomic E-state index is -0.904. The van der Waals surface area contributed by atoms with Gasteiger partial charge >= 0.3 is 0 Å². The molecule has 4 nitrogen and oxygen atoms in total. The summed E-state index contributed by atoms with van der Waals surface area (Å²) in [4.78, 5) is 15.3. The van der Waals surface area contributed by atoms with Gasteiger partial charge in [0.2, 0.25) is 5.62 Å². The highest BCUT2D eigenvalue weighted by atomic mass is 32.1. The van der Waals surface area contributed by atoms with Crippen LogP contribution in [0.4, 0.5) is 8.78 Å². The van der Waals surface area contributed by atoms with Crippen LogP contribution >= 0.6 is 11.3 Å². The molecule has 7 heteroatoms. The maximum atomic E-state index is 13.3. The molecule has 0 aliphatic carbocycles. The molecule has 0 aliphatic rings. The van der Waals surface area contributed by atoms with Gasteiger partial charge in [0.25, 0.3) is 5.56 Å². The van der Waals surface area contributed by atoms with Gasteiger partial charge in [0.1, 0.15) is 0 Å². The van der Waals surface area contributed by atoms with Crippen molar-refractivity contribution in [3.05, 3.63) is 63.3 Å². The SMILES string of the molecule is Cn1c(=O)cc(-c2cc(-c3ccc(F)c(F)c3)cs2)[nH]c1=N. The lowest BCUT2D eigenvalue weighted by Crippen LogP contribution is -2.32. The molecule has 0 saturated heterocycles. The Kier molecular flexibility index (Phi) is 3.50. The van der Waals surface area contributed by atoms with Crippen molar-refractivity contribution in [1.29, 1.82) is 5.41 Å². The fourth-order valence-corrected chi connectivity index (χ4v) is 2.91. The first-order valence-electron chi connectivity index (χ1n) is 6.35. The van der Waals surface area contributed by atoms with Crippen molar-refractivity contribution in [2.24, 2.45) is 7.05 Å². The van der Waals surface area contributed by atoms with Crippen molar-refractivity contribution in [3.63, 3.8) is 0 Å². The predicted octanol–water partition coefficient (Wildman–Crippen LogP) is 2.87. The first-order chi connectivity index (χ1) is 10.5.